The summed E-state index contributed by atoms with van der Waals surface area (Å²) >= 11 is 0. The number of hydrogen-bond acceptors (Lipinski definition) is 4. The van der Waals surface area contributed by atoms with Gasteiger partial charge in [0.05, 0.1) is 31.8 Å². The van der Waals surface area contributed by atoms with Crippen LogP contribution in [0.5, 0.6) is 0 Å². The lowest BCUT2D eigenvalue weighted by atomic mass is 10.2. The molecule has 1 rings (SSSR count). The first kappa shape index (κ1) is 14.4. The number of aliphatic hydroxyl groups is 1. The van der Waals surface area contributed by atoms with E-state index in [4.69, 9.17) is 14.6 Å². The van der Waals surface area contributed by atoms with Crippen LogP contribution in [0.15, 0.2) is 0 Å². The first-order chi connectivity index (χ1) is 8.17. The fourth-order valence-electron chi connectivity index (χ4n) is 1.91. The third kappa shape index (κ3) is 5.02. The molecule has 1 aliphatic heterocycles. The number of rotatable bonds is 6. The van der Waals surface area contributed by atoms with Gasteiger partial charge in [-0.15, -0.1) is 0 Å². The Balaban J connectivity index is 2.29. The number of aliphatic hydroxyl groups excluding tert-OH is 1. The molecule has 0 radical (unpaired) electrons. The van der Waals surface area contributed by atoms with Crippen molar-refractivity contribution < 1.29 is 19.4 Å². The van der Waals surface area contributed by atoms with Gasteiger partial charge < -0.3 is 19.5 Å². The Morgan fingerprint density at radius 3 is 2.88 bits per heavy atom. The molecule has 17 heavy (non-hydrogen) atoms. The molecule has 2 atom stereocenters. The third-order valence-corrected chi connectivity index (χ3v) is 2.69. The van der Waals surface area contributed by atoms with Gasteiger partial charge in [0.15, 0.2) is 0 Å². The van der Waals surface area contributed by atoms with Crippen LogP contribution >= 0.6 is 0 Å². The van der Waals surface area contributed by atoms with E-state index in [1.165, 1.54) is 0 Å². The topological polar surface area (TPSA) is 59.0 Å². The van der Waals surface area contributed by atoms with E-state index in [1.807, 2.05) is 13.8 Å². The summed E-state index contributed by atoms with van der Waals surface area (Å²) in [6.45, 7) is 6.16. The van der Waals surface area contributed by atoms with Gasteiger partial charge in [-0.2, -0.15) is 0 Å². The molecule has 1 amide bonds. The number of amides is 1. The molecular weight excluding hydrogens is 222 g/mol. The standard InChI is InChI=1S/C12H23NO4/c1-3-5-16-6-4-12(15)13-7-10(2)17-11(8-13)9-14/h10-11,14H,3-9H2,1-2H3. The normalized spacial score (nSPS) is 25.0. The van der Waals surface area contributed by atoms with E-state index in [2.05, 4.69) is 0 Å². The number of ether oxygens (including phenoxy) is 2. The molecule has 1 N–H and O–H groups in total. The highest BCUT2D eigenvalue weighted by atomic mass is 16.5. The van der Waals surface area contributed by atoms with Crippen molar-refractivity contribution in [2.75, 3.05) is 32.9 Å². The van der Waals surface area contributed by atoms with Crippen LogP contribution in [0, 0.1) is 0 Å². The van der Waals surface area contributed by atoms with Crippen LogP contribution in [0.25, 0.3) is 0 Å². The van der Waals surface area contributed by atoms with Crippen molar-refractivity contribution in [2.24, 2.45) is 0 Å². The number of hydrogen-bond donors (Lipinski definition) is 1. The predicted octanol–water partition coefficient (Wildman–Crippen LogP) is 0.411. The van der Waals surface area contributed by atoms with Crippen LogP contribution in [0.2, 0.25) is 0 Å². The summed E-state index contributed by atoms with van der Waals surface area (Å²) < 4.78 is 10.8. The summed E-state index contributed by atoms with van der Waals surface area (Å²) in [5.41, 5.74) is 0. The minimum absolute atomic E-state index is 0.0126. The second-order valence-electron chi connectivity index (χ2n) is 4.41. The molecule has 5 heteroatoms. The fraction of sp³-hybridized carbons (Fsp3) is 0.917. The zero-order chi connectivity index (χ0) is 12.7. The van der Waals surface area contributed by atoms with Crippen molar-refractivity contribution in [3.63, 3.8) is 0 Å². The fourth-order valence-corrected chi connectivity index (χ4v) is 1.91. The second kappa shape index (κ2) is 7.63. The molecule has 0 aromatic carbocycles. The van der Waals surface area contributed by atoms with Crippen LogP contribution in [-0.2, 0) is 14.3 Å². The molecule has 1 saturated heterocycles. The summed E-state index contributed by atoms with van der Waals surface area (Å²) in [5.74, 6) is 0.0784. The zero-order valence-corrected chi connectivity index (χ0v) is 10.7. The van der Waals surface area contributed by atoms with Gasteiger partial charge >= 0.3 is 0 Å². The molecule has 0 bridgehead atoms. The Labute approximate surface area is 103 Å². The summed E-state index contributed by atoms with van der Waals surface area (Å²) in [6.07, 6.45) is 1.11. The molecule has 100 valence electrons. The molecule has 0 aromatic heterocycles. The lowest BCUT2D eigenvalue weighted by Crippen LogP contribution is -2.50. The molecular formula is C12H23NO4. The van der Waals surface area contributed by atoms with Crippen LogP contribution in [-0.4, -0.2) is 61.0 Å². The number of carbonyl (C=O) groups excluding carboxylic acids is 1. The van der Waals surface area contributed by atoms with Gasteiger partial charge in [0, 0.05) is 19.7 Å². The highest BCUT2D eigenvalue weighted by Crippen LogP contribution is 2.11. The van der Waals surface area contributed by atoms with Crippen LogP contribution in [0.3, 0.4) is 0 Å². The molecule has 0 spiro atoms. The van der Waals surface area contributed by atoms with Crippen molar-refractivity contribution in [1.82, 2.24) is 4.90 Å². The molecule has 5 nitrogen and oxygen atoms in total. The maximum Gasteiger partial charge on any atom is 0.225 e. The Morgan fingerprint density at radius 1 is 1.47 bits per heavy atom. The van der Waals surface area contributed by atoms with Crippen molar-refractivity contribution >= 4 is 5.91 Å². The summed E-state index contributed by atoms with van der Waals surface area (Å²) in [7, 11) is 0. The van der Waals surface area contributed by atoms with Gasteiger partial charge in [-0.05, 0) is 13.3 Å². The smallest absolute Gasteiger partial charge is 0.225 e. The SMILES string of the molecule is CCCOCCC(=O)N1CC(C)OC(CO)C1. The second-order valence-corrected chi connectivity index (χ2v) is 4.41. The van der Waals surface area contributed by atoms with Gasteiger partial charge in [-0.3, -0.25) is 4.79 Å². The number of carbonyl (C=O) groups is 1. The van der Waals surface area contributed by atoms with Gasteiger partial charge in [0.1, 0.15) is 0 Å². The van der Waals surface area contributed by atoms with E-state index in [-0.39, 0.29) is 24.7 Å². The zero-order valence-electron chi connectivity index (χ0n) is 10.7. The minimum atomic E-state index is -0.251. The monoisotopic (exact) mass is 245 g/mol. The van der Waals surface area contributed by atoms with Gasteiger partial charge in [0.2, 0.25) is 5.91 Å². The lowest BCUT2D eigenvalue weighted by molar-refractivity contribution is -0.148. The molecule has 0 saturated carbocycles. The highest BCUT2D eigenvalue weighted by molar-refractivity contribution is 5.76. The van der Waals surface area contributed by atoms with Gasteiger partial charge in [-0.25, -0.2) is 0 Å². The van der Waals surface area contributed by atoms with E-state index in [0.717, 1.165) is 6.42 Å². The van der Waals surface area contributed by atoms with Crippen molar-refractivity contribution in [2.45, 2.75) is 38.9 Å². The number of nitrogens with zero attached hydrogens (tertiary/aromatic N) is 1. The Morgan fingerprint density at radius 2 is 2.24 bits per heavy atom. The van der Waals surface area contributed by atoms with Crippen molar-refractivity contribution in [3.05, 3.63) is 0 Å². The number of morpholine rings is 1. The molecule has 0 aromatic rings. The van der Waals surface area contributed by atoms with Gasteiger partial charge in [-0.1, -0.05) is 6.92 Å². The van der Waals surface area contributed by atoms with E-state index >= 15 is 0 Å². The largest absolute Gasteiger partial charge is 0.394 e. The predicted molar refractivity (Wildman–Crippen MR) is 63.7 cm³/mol. The Bertz CT molecular complexity index is 235. The maximum absolute atomic E-state index is 11.9. The summed E-state index contributed by atoms with van der Waals surface area (Å²) in [4.78, 5) is 13.6. The van der Waals surface area contributed by atoms with Crippen LogP contribution in [0.4, 0.5) is 0 Å². The minimum Gasteiger partial charge on any atom is -0.394 e. The van der Waals surface area contributed by atoms with Crippen molar-refractivity contribution in [1.29, 1.82) is 0 Å². The van der Waals surface area contributed by atoms with E-state index in [1.54, 1.807) is 4.90 Å². The maximum atomic E-state index is 11.9. The Hall–Kier alpha value is -0.650. The molecule has 0 aliphatic carbocycles. The molecule has 1 fully saturated rings. The van der Waals surface area contributed by atoms with Crippen LogP contribution < -0.4 is 0 Å². The van der Waals surface area contributed by atoms with E-state index in [9.17, 15) is 4.79 Å². The quantitative estimate of drug-likeness (QED) is 0.689. The van der Waals surface area contributed by atoms with E-state index in [0.29, 0.717) is 32.7 Å². The average Bonchev–Trinajstić information content (AvgIpc) is 2.33. The molecule has 1 heterocycles. The summed E-state index contributed by atoms with van der Waals surface area (Å²) in [5, 5.41) is 9.07. The van der Waals surface area contributed by atoms with E-state index < -0.39 is 0 Å². The first-order valence-electron chi connectivity index (χ1n) is 6.29. The highest BCUT2D eigenvalue weighted by Gasteiger charge is 2.27. The molecule has 1 aliphatic rings. The molecule has 2 unspecified atom stereocenters. The Kier molecular flexibility index (Phi) is 6.47. The average molecular weight is 245 g/mol. The lowest BCUT2D eigenvalue weighted by Gasteiger charge is -2.36. The third-order valence-electron chi connectivity index (χ3n) is 2.69. The first-order valence-corrected chi connectivity index (χ1v) is 6.29. The summed E-state index contributed by atoms with van der Waals surface area (Å²) in [6, 6.07) is 0. The van der Waals surface area contributed by atoms with Gasteiger partial charge in [0.25, 0.3) is 0 Å². The van der Waals surface area contributed by atoms with Crippen LogP contribution in [0.1, 0.15) is 26.7 Å². The van der Waals surface area contributed by atoms with Crippen molar-refractivity contribution in [3.8, 4) is 0 Å².